The van der Waals surface area contributed by atoms with Gasteiger partial charge in [-0.3, -0.25) is 0 Å². The minimum atomic E-state index is 0.378. The van der Waals surface area contributed by atoms with Gasteiger partial charge in [0.05, 0.1) is 5.69 Å². The van der Waals surface area contributed by atoms with Gasteiger partial charge in [0.2, 0.25) is 0 Å². The van der Waals surface area contributed by atoms with Crippen LogP contribution in [0.5, 0.6) is 0 Å². The van der Waals surface area contributed by atoms with Crippen LogP contribution in [0.25, 0.3) is 0 Å². The number of hydrogen-bond donors (Lipinski definition) is 1. The molecule has 0 saturated heterocycles. The highest BCUT2D eigenvalue weighted by molar-refractivity contribution is 7.97. The zero-order valence-electron chi connectivity index (χ0n) is 11.9. The molecule has 1 aromatic rings. The number of aromatic nitrogens is 1. The van der Waals surface area contributed by atoms with Crippen LogP contribution in [0.2, 0.25) is 0 Å². The van der Waals surface area contributed by atoms with Crippen molar-refractivity contribution in [1.82, 2.24) is 10.3 Å². The van der Waals surface area contributed by atoms with Crippen LogP contribution in [-0.4, -0.2) is 17.8 Å². The Balaban J connectivity index is 2.22. The van der Waals surface area contributed by atoms with Crippen molar-refractivity contribution in [3.8, 4) is 0 Å². The molecule has 1 aliphatic rings. The van der Waals surface area contributed by atoms with E-state index in [0.717, 1.165) is 18.7 Å². The van der Waals surface area contributed by atoms with Crippen LogP contribution in [0.15, 0.2) is 0 Å². The lowest BCUT2D eigenvalue weighted by Crippen LogP contribution is -2.33. The topological polar surface area (TPSA) is 24.9 Å². The van der Waals surface area contributed by atoms with Crippen LogP contribution >= 0.6 is 23.1 Å². The normalized spacial score (nSPS) is 21.9. The van der Waals surface area contributed by atoms with Crippen LogP contribution < -0.4 is 5.32 Å². The average molecular weight is 284 g/mol. The molecule has 1 unspecified atom stereocenters. The lowest BCUT2D eigenvalue weighted by atomic mass is 9.76. The Kier molecular flexibility index (Phi) is 4.73. The van der Waals surface area contributed by atoms with Gasteiger partial charge in [0.15, 0.2) is 0 Å². The maximum absolute atomic E-state index is 4.85. The first-order chi connectivity index (χ1) is 8.55. The van der Waals surface area contributed by atoms with Crippen LogP contribution in [0.3, 0.4) is 0 Å². The lowest BCUT2D eigenvalue weighted by molar-refractivity contribution is 0.258. The zero-order chi connectivity index (χ0) is 13.2. The Labute approximate surface area is 119 Å². The second-order valence-electron chi connectivity index (χ2n) is 5.90. The van der Waals surface area contributed by atoms with Gasteiger partial charge < -0.3 is 5.32 Å². The van der Waals surface area contributed by atoms with Gasteiger partial charge in [0.25, 0.3) is 0 Å². The third-order valence-electron chi connectivity index (χ3n) is 3.40. The number of nitrogens with one attached hydrogen (secondary N) is 1. The predicted octanol–water partition coefficient (Wildman–Crippen LogP) is 4.02. The van der Waals surface area contributed by atoms with E-state index < -0.39 is 0 Å². The van der Waals surface area contributed by atoms with Crippen LogP contribution in [0.1, 0.15) is 55.2 Å². The standard InChI is InChI=1S/C14H24N2S2/c1-5-6-15-10-7-14(2,3)8-11-13(10)18-12(16-11)9-17-4/h10,15H,5-9H2,1-4H3. The van der Waals surface area contributed by atoms with Gasteiger partial charge in [-0.2, -0.15) is 11.8 Å². The number of thioether (sulfide) groups is 1. The summed E-state index contributed by atoms with van der Waals surface area (Å²) < 4.78 is 0. The van der Waals surface area contributed by atoms with Gasteiger partial charge in [-0.05, 0) is 37.5 Å². The summed E-state index contributed by atoms with van der Waals surface area (Å²) in [5, 5.41) is 5.00. The van der Waals surface area contributed by atoms with E-state index in [0.29, 0.717) is 11.5 Å². The van der Waals surface area contributed by atoms with E-state index >= 15 is 0 Å². The van der Waals surface area contributed by atoms with E-state index in [9.17, 15) is 0 Å². The SMILES string of the molecule is CCCNC1CC(C)(C)Cc2nc(CSC)sc21. The molecule has 0 saturated carbocycles. The van der Waals surface area contributed by atoms with Crippen molar-refractivity contribution in [3.63, 3.8) is 0 Å². The highest BCUT2D eigenvalue weighted by Gasteiger charge is 2.34. The summed E-state index contributed by atoms with van der Waals surface area (Å²) in [6, 6.07) is 0.525. The smallest absolute Gasteiger partial charge is 0.103 e. The van der Waals surface area contributed by atoms with Crippen molar-refractivity contribution < 1.29 is 0 Å². The number of thiazole rings is 1. The molecule has 1 heterocycles. The van der Waals surface area contributed by atoms with E-state index in [-0.39, 0.29) is 0 Å². The van der Waals surface area contributed by atoms with E-state index in [1.165, 1.54) is 28.4 Å². The molecule has 0 amide bonds. The fourth-order valence-corrected chi connectivity index (χ4v) is 4.51. The molecule has 0 radical (unpaired) electrons. The minimum Gasteiger partial charge on any atom is -0.309 e. The molecule has 0 bridgehead atoms. The third kappa shape index (κ3) is 3.28. The second-order valence-corrected chi connectivity index (χ2v) is 7.88. The Hall–Kier alpha value is -0.0600. The van der Waals surface area contributed by atoms with Crippen molar-refractivity contribution >= 4 is 23.1 Å². The monoisotopic (exact) mass is 284 g/mol. The molecule has 1 N–H and O–H groups in total. The summed E-state index contributed by atoms with van der Waals surface area (Å²) in [6.07, 6.45) is 5.72. The molecule has 18 heavy (non-hydrogen) atoms. The maximum atomic E-state index is 4.85. The molecule has 1 aromatic heterocycles. The second kappa shape index (κ2) is 5.93. The molecule has 0 fully saturated rings. The summed E-state index contributed by atoms with van der Waals surface area (Å²) in [5.74, 6) is 1.05. The first-order valence-corrected chi connectivity index (χ1v) is 8.97. The summed E-state index contributed by atoms with van der Waals surface area (Å²) in [4.78, 5) is 6.36. The summed E-state index contributed by atoms with van der Waals surface area (Å²) in [5.41, 5.74) is 1.73. The Bertz CT molecular complexity index is 398. The number of hydrogen-bond acceptors (Lipinski definition) is 4. The Morgan fingerprint density at radius 3 is 2.94 bits per heavy atom. The van der Waals surface area contributed by atoms with Gasteiger partial charge in [-0.15, -0.1) is 11.3 Å². The van der Waals surface area contributed by atoms with Crippen LogP contribution in [0.4, 0.5) is 0 Å². The van der Waals surface area contributed by atoms with Gasteiger partial charge >= 0.3 is 0 Å². The third-order valence-corrected chi connectivity index (χ3v) is 5.36. The lowest BCUT2D eigenvalue weighted by Gasteiger charge is -2.34. The maximum Gasteiger partial charge on any atom is 0.103 e. The molecule has 0 aliphatic heterocycles. The van der Waals surface area contributed by atoms with Crippen LogP contribution in [-0.2, 0) is 12.2 Å². The predicted molar refractivity (Wildman–Crippen MR) is 82.5 cm³/mol. The highest BCUT2D eigenvalue weighted by atomic mass is 32.2. The molecular formula is C14H24N2S2. The molecular weight excluding hydrogens is 260 g/mol. The van der Waals surface area contributed by atoms with Crippen molar-refractivity contribution in [3.05, 3.63) is 15.6 Å². The first-order valence-electron chi connectivity index (χ1n) is 6.76. The number of nitrogens with zero attached hydrogens (tertiary/aromatic N) is 1. The fraction of sp³-hybridized carbons (Fsp3) is 0.786. The van der Waals surface area contributed by atoms with Crippen LogP contribution in [0, 0.1) is 5.41 Å². The van der Waals surface area contributed by atoms with Crippen molar-refractivity contribution in [2.45, 2.75) is 51.8 Å². The van der Waals surface area contributed by atoms with Gasteiger partial charge in [0, 0.05) is 16.7 Å². The number of fused-ring (bicyclic) bond motifs is 1. The Morgan fingerprint density at radius 2 is 2.28 bits per heavy atom. The average Bonchev–Trinajstić information content (AvgIpc) is 2.67. The largest absolute Gasteiger partial charge is 0.309 e. The quantitative estimate of drug-likeness (QED) is 0.884. The molecule has 0 aromatic carbocycles. The summed E-state index contributed by atoms with van der Waals surface area (Å²) in [6.45, 7) is 8.07. The van der Waals surface area contributed by atoms with E-state index in [2.05, 4.69) is 32.3 Å². The van der Waals surface area contributed by atoms with E-state index in [1.807, 2.05) is 23.1 Å². The molecule has 4 heteroatoms. The fourth-order valence-electron chi connectivity index (χ4n) is 2.65. The molecule has 1 aliphatic carbocycles. The van der Waals surface area contributed by atoms with Gasteiger partial charge in [-0.1, -0.05) is 20.8 Å². The number of rotatable bonds is 5. The van der Waals surface area contributed by atoms with E-state index in [4.69, 9.17) is 4.98 Å². The first kappa shape index (κ1) is 14.4. The summed E-state index contributed by atoms with van der Waals surface area (Å²) in [7, 11) is 0. The van der Waals surface area contributed by atoms with Gasteiger partial charge in [0.1, 0.15) is 5.01 Å². The molecule has 102 valence electrons. The molecule has 2 rings (SSSR count). The van der Waals surface area contributed by atoms with Crippen molar-refractivity contribution in [2.75, 3.05) is 12.8 Å². The van der Waals surface area contributed by atoms with Crippen molar-refractivity contribution in [1.29, 1.82) is 0 Å². The highest BCUT2D eigenvalue weighted by Crippen LogP contribution is 2.43. The zero-order valence-corrected chi connectivity index (χ0v) is 13.5. The molecule has 1 atom stereocenters. The Morgan fingerprint density at radius 1 is 1.50 bits per heavy atom. The van der Waals surface area contributed by atoms with Crippen molar-refractivity contribution in [2.24, 2.45) is 5.41 Å². The minimum absolute atomic E-state index is 0.378. The molecule has 2 nitrogen and oxygen atoms in total. The molecule has 0 spiro atoms. The van der Waals surface area contributed by atoms with E-state index in [1.54, 1.807) is 0 Å². The summed E-state index contributed by atoms with van der Waals surface area (Å²) >= 11 is 3.79. The van der Waals surface area contributed by atoms with Gasteiger partial charge in [-0.25, -0.2) is 4.98 Å².